The molecule has 4 rings (SSSR count). The van der Waals surface area contributed by atoms with E-state index in [0.29, 0.717) is 29.3 Å². The van der Waals surface area contributed by atoms with Crippen LogP contribution in [0.15, 0.2) is 52.4 Å². The number of hydrogen-bond donors (Lipinski definition) is 0. The highest BCUT2D eigenvalue weighted by Crippen LogP contribution is 2.23. The minimum absolute atomic E-state index is 0.00978. The van der Waals surface area contributed by atoms with Crippen molar-refractivity contribution in [1.29, 1.82) is 0 Å². The van der Waals surface area contributed by atoms with E-state index in [2.05, 4.69) is 11.9 Å². The van der Waals surface area contributed by atoms with Crippen LogP contribution in [0.25, 0.3) is 16.7 Å². The molecule has 0 aliphatic heterocycles. The molecule has 0 spiro atoms. The molecule has 204 valence electrons. The number of unbranched alkanes of at least 4 members (excludes halogenated alkanes) is 2. The zero-order valence-electron chi connectivity index (χ0n) is 22.8. The van der Waals surface area contributed by atoms with Gasteiger partial charge in [-0.2, -0.15) is 4.99 Å². The quantitative estimate of drug-likeness (QED) is 0.181. The van der Waals surface area contributed by atoms with E-state index >= 15 is 0 Å². The summed E-state index contributed by atoms with van der Waals surface area (Å²) in [5, 5.41) is 0.229. The molecule has 0 saturated carbocycles. The van der Waals surface area contributed by atoms with E-state index in [0.717, 1.165) is 24.8 Å². The van der Waals surface area contributed by atoms with Crippen LogP contribution in [0.4, 0.5) is 0 Å². The second-order valence-electron chi connectivity index (χ2n) is 9.02. The van der Waals surface area contributed by atoms with Gasteiger partial charge >= 0.3 is 5.97 Å². The number of esters is 1. The van der Waals surface area contributed by atoms with Gasteiger partial charge in [-0.15, -0.1) is 0 Å². The topological polar surface area (TPSA) is 113 Å². The first-order chi connectivity index (χ1) is 18.8. The lowest BCUT2D eigenvalue weighted by molar-refractivity contribution is 0.0523. The number of amides is 1. The molecule has 0 bridgehead atoms. The van der Waals surface area contributed by atoms with Gasteiger partial charge in [0, 0.05) is 24.4 Å². The van der Waals surface area contributed by atoms with E-state index < -0.39 is 11.9 Å². The van der Waals surface area contributed by atoms with Crippen LogP contribution in [-0.2, 0) is 11.3 Å². The predicted molar refractivity (Wildman–Crippen MR) is 147 cm³/mol. The number of carbonyl (C=O) groups is 2. The molecule has 10 heteroatoms. The van der Waals surface area contributed by atoms with Crippen LogP contribution in [0, 0.1) is 6.92 Å². The first-order valence-corrected chi connectivity index (χ1v) is 12.9. The summed E-state index contributed by atoms with van der Waals surface area (Å²) in [4.78, 5) is 49.5. The minimum Gasteiger partial charge on any atom is -0.497 e. The molecule has 0 aliphatic rings. The molecule has 0 unspecified atom stereocenters. The highest BCUT2D eigenvalue weighted by atomic mass is 16.5. The summed E-state index contributed by atoms with van der Waals surface area (Å²) in [7, 11) is 2.97. The van der Waals surface area contributed by atoms with E-state index in [4.69, 9.17) is 19.2 Å². The van der Waals surface area contributed by atoms with Gasteiger partial charge in [0.1, 0.15) is 28.4 Å². The van der Waals surface area contributed by atoms with Gasteiger partial charge in [0.05, 0.1) is 26.2 Å². The van der Waals surface area contributed by atoms with Gasteiger partial charge in [-0.25, -0.2) is 9.78 Å². The number of nitrogens with zero attached hydrogens (tertiary/aromatic N) is 4. The maximum atomic E-state index is 13.6. The molecule has 3 aromatic heterocycles. The Hall–Kier alpha value is -4.47. The van der Waals surface area contributed by atoms with Gasteiger partial charge in [0.25, 0.3) is 11.5 Å². The van der Waals surface area contributed by atoms with Gasteiger partial charge in [-0.1, -0.05) is 25.8 Å². The van der Waals surface area contributed by atoms with Crippen LogP contribution in [0.2, 0.25) is 0 Å². The number of hydrogen-bond acceptors (Lipinski definition) is 7. The summed E-state index contributed by atoms with van der Waals surface area (Å²) in [6.45, 7) is 6.13. The molecule has 1 amide bonds. The Bertz CT molecular complexity index is 1660. The Balaban J connectivity index is 2.10. The van der Waals surface area contributed by atoms with Crippen molar-refractivity contribution >= 4 is 28.6 Å². The summed E-state index contributed by atoms with van der Waals surface area (Å²) in [6, 6.07) is 9.79. The van der Waals surface area contributed by atoms with Crippen molar-refractivity contribution in [3.8, 4) is 11.5 Å². The SMILES string of the molecule is CCCCCn1c(=NC(=O)c2cc(OC)cc(OC)c2)c(C(=O)OCC)cc2c(=O)n3cccc(C)c3nc21. The zero-order chi connectivity index (χ0) is 28.1. The second kappa shape index (κ2) is 11.9. The van der Waals surface area contributed by atoms with Crippen LogP contribution in [0.1, 0.15) is 59.4 Å². The van der Waals surface area contributed by atoms with Crippen molar-refractivity contribution < 1.29 is 23.8 Å². The molecule has 0 aliphatic carbocycles. The summed E-state index contributed by atoms with van der Waals surface area (Å²) in [5.41, 5.74) is 1.60. The molecule has 3 heterocycles. The van der Waals surface area contributed by atoms with E-state index in [1.807, 2.05) is 13.0 Å². The molecule has 39 heavy (non-hydrogen) atoms. The number of fused-ring (bicyclic) bond motifs is 2. The van der Waals surface area contributed by atoms with Crippen molar-refractivity contribution in [3.05, 3.63) is 75.1 Å². The number of benzene rings is 1. The number of pyridine rings is 2. The summed E-state index contributed by atoms with van der Waals surface area (Å²) >= 11 is 0. The third-order valence-corrected chi connectivity index (χ3v) is 6.39. The van der Waals surface area contributed by atoms with Crippen molar-refractivity contribution in [3.63, 3.8) is 0 Å². The molecular weight excluding hydrogens is 500 g/mol. The maximum absolute atomic E-state index is 13.6. The molecule has 10 nitrogen and oxygen atoms in total. The molecule has 0 N–H and O–H groups in total. The third-order valence-electron chi connectivity index (χ3n) is 6.39. The monoisotopic (exact) mass is 532 g/mol. The van der Waals surface area contributed by atoms with Crippen molar-refractivity contribution in [1.82, 2.24) is 14.0 Å². The number of rotatable bonds is 9. The normalized spacial score (nSPS) is 11.7. The summed E-state index contributed by atoms with van der Waals surface area (Å²) < 4.78 is 19.1. The number of aryl methyl sites for hydroxylation is 2. The average molecular weight is 533 g/mol. The lowest BCUT2D eigenvalue weighted by atomic mass is 10.1. The number of methoxy groups -OCH3 is 2. The van der Waals surface area contributed by atoms with Crippen LogP contribution in [-0.4, -0.2) is 46.7 Å². The van der Waals surface area contributed by atoms with E-state index in [9.17, 15) is 14.4 Å². The van der Waals surface area contributed by atoms with Gasteiger partial charge in [-0.3, -0.25) is 14.0 Å². The lowest BCUT2D eigenvalue weighted by Gasteiger charge is -2.15. The predicted octanol–water partition coefficient (Wildman–Crippen LogP) is 4.08. The maximum Gasteiger partial charge on any atom is 0.341 e. The largest absolute Gasteiger partial charge is 0.497 e. The standard InChI is InChI=1S/C29H32N4O6/c1-6-8-9-12-32-25-22(28(35)33-13-10-11-18(3)24(33)30-25)17-23(29(36)39-7-2)26(32)31-27(34)19-14-20(37-4)16-21(15-19)38-5/h10-11,13-17H,6-9,12H2,1-5H3. The smallest absolute Gasteiger partial charge is 0.341 e. The number of ether oxygens (including phenoxy) is 3. The molecular formula is C29H32N4O6. The molecule has 0 radical (unpaired) electrons. The first-order valence-electron chi connectivity index (χ1n) is 12.9. The van der Waals surface area contributed by atoms with Crippen LogP contribution >= 0.6 is 0 Å². The average Bonchev–Trinajstić information content (AvgIpc) is 2.94. The number of aromatic nitrogens is 3. The van der Waals surface area contributed by atoms with Crippen molar-refractivity contribution in [2.45, 2.75) is 46.6 Å². The van der Waals surface area contributed by atoms with Crippen LogP contribution in [0.3, 0.4) is 0 Å². The third kappa shape index (κ3) is 5.55. The highest BCUT2D eigenvalue weighted by Gasteiger charge is 2.21. The van der Waals surface area contributed by atoms with Crippen molar-refractivity contribution in [2.75, 3.05) is 20.8 Å². The Kier molecular flexibility index (Phi) is 8.43. The minimum atomic E-state index is -0.688. The Morgan fingerprint density at radius 3 is 2.36 bits per heavy atom. The van der Waals surface area contributed by atoms with E-state index in [1.54, 1.807) is 42.0 Å². The Labute approximate surface area is 225 Å². The molecule has 1 aromatic carbocycles. The summed E-state index contributed by atoms with van der Waals surface area (Å²) in [5.74, 6) is -0.462. The Morgan fingerprint density at radius 1 is 1.00 bits per heavy atom. The van der Waals surface area contributed by atoms with Crippen LogP contribution in [0.5, 0.6) is 11.5 Å². The highest BCUT2D eigenvalue weighted by molar-refractivity contribution is 5.97. The lowest BCUT2D eigenvalue weighted by Crippen LogP contribution is -2.33. The van der Waals surface area contributed by atoms with E-state index in [1.165, 1.54) is 24.7 Å². The fourth-order valence-electron chi connectivity index (χ4n) is 4.39. The molecule has 0 fully saturated rings. The van der Waals surface area contributed by atoms with Crippen molar-refractivity contribution in [2.24, 2.45) is 4.99 Å². The molecule has 0 saturated heterocycles. The van der Waals surface area contributed by atoms with Gasteiger partial charge in [0.2, 0.25) is 0 Å². The first kappa shape index (κ1) is 27.6. The number of carbonyl (C=O) groups excluding carboxylic acids is 2. The second-order valence-corrected chi connectivity index (χ2v) is 9.02. The van der Waals surface area contributed by atoms with Gasteiger partial charge in [0.15, 0.2) is 5.49 Å². The van der Waals surface area contributed by atoms with Gasteiger partial charge < -0.3 is 18.8 Å². The van der Waals surface area contributed by atoms with E-state index in [-0.39, 0.29) is 34.2 Å². The zero-order valence-corrected chi connectivity index (χ0v) is 22.8. The molecule has 0 atom stereocenters. The fraction of sp³-hybridized carbons (Fsp3) is 0.345. The fourth-order valence-corrected chi connectivity index (χ4v) is 4.39. The molecule has 4 aromatic rings. The Morgan fingerprint density at radius 2 is 1.72 bits per heavy atom. The van der Waals surface area contributed by atoms with Crippen LogP contribution < -0.4 is 20.5 Å². The van der Waals surface area contributed by atoms with Gasteiger partial charge in [-0.05, 0) is 50.1 Å². The summed E-state index contributed by atoms with van der Waals surface area (Å²) in [6.07, 6.45) is 4.20.